The standard InChI is InChI=1S/C18H20N4S/c1-2-12-19-18(23)21-17-20-15-10-6-7-11-16(15)22(17)13-14-8-4-3-5-9-14/h3-11H,2,12-13H2,1H3,(H2,19,20,21,23). The van der Waals surface area contributed by atoms with Crippen LogP contribution in [-0.4, -0.2) is 21.2 Å². The lowest BCUT2D eigenvalue weighted by atomic mass is 10.2. The maximum absolute atomic E-state index is 5.35. The van der Waals surface area contributed by atoms with Crippen LogP contribution >= 0.6 is 12.2 Å². The van der Waals surface area contributed by atoms with Crippen molar-refractivity contribution < 1.29 is 0 Å². The number of nitrogens with zero attached hydrogens (tertiary/aromatic N) is 2. The molecule has 0 aliphatic carbocycles. The molecule has 0 atom stereocenters. The van der Waals surface area contributed by atoms with Crippen LogP contribution < -0.4 is 10.6 Å². The minimum Gasteiger partial charge on any atom is -0.362 e. The number of para-hydroxylation sites is 2. The maximum Gasteiger partial charge on any atom is 0.210 e. The van der Waals surface area contributed by atoms with E-state index in [1.165, 1.54) is 5.56 Å². The molecule has 0 radical (unpaired) electrons. The molecule has 0 fully saturated rings. The molecule has 1 heterocycles. The molecule has 0 amide bonds. The predicted octanol–water partition coefficient (Wildman–Crippen LogP) is 3.78. The van der Waals surface area contributed by atoms with E-state index in [1.807, 2.05) is 24.3 Å². The van der Waals surface area contributed by atoms with Crippen molar-refractivity contribution in [3.63, 3.8) is 0 Å². The Kier molecular flexibility index (Phi) is 4.88. The SMILES string of the molecule is CCCNC(=S)Nc1nc2ccccc2n1Cc1ccccc1. The number of hydrogen-bond donors (Lipinski definition) is 2. The Labute approximate surface area is 141 Å². The molecule has 0 unspecified atom stereocenters. The number of fused-ring (bicyclic) bond motifs is 1. The first-order chi connectivity index (χ1) is 11.3. The van der Waals surface area contributed by atoms with Crippen molar-refractivity contribution in [3.8, 4) is 0 Å². The highest BCUT2D eigenvalue weighted by atomic mass is 32.1. The molecule has 0 saturated heterocycles. The van der Waals surface area contributed by atoms with E-state index in [-0.39, 0.29) is 0 Å². The van der Waals surface area contributed by atoms with Gasteiger partial charge in [0.1, 0.15) is 0 Å². The Bertz CT molecular complexity index is 795. The topological polar surface area (TPSA) is 41.9 Å². The summed E-state index contributed by atoms with van der Waals surface area (Å²) >= 11 is 5.35. The number of hydrogen-bond acceptors (Lipinski definition) is 2. The summed E-state index contributed by atoms with van der Waals surface area (Å²) in [6.45, 7) is 3.71. The molecule has 5 heteroatoms. The fourth-order valence-electron chi connectivity index (χ4n) is 2.48. The molecule has 2 aromatic carbocycles. The smallest absolute Gasteiger partial charge is 0.210 e. The zero-order valence-corrected chi connectivity index (χ0v) is 13.9. The number of thiocarbonyl (C=S) groups is 1. The van der Waals surface area contributed by atoms with Gasteiger partial charge < -0.3 is 15.2 Å². The average molecular weight is 324 g/mol. The highest BCUT2D eigenvalue weighted by Crippen LogP contribution is 2.21. The van der Waals surface area contributed by atoms with Gasteiger partial charge in [-0.25, -0.2) is 4.98 Å². The molecular formula is C18H20N4S. The van der Waals surface area contributed by atoms with Gasteiger partial charge in [-0.05, 0) is 36.3 Å². The first kappa shape index (κ1) is 15.5. The van der Waals surface area contributed by atoms with Gasteiger partial charge >= 0.3 is 0 Å². The van der Waals surface area contributed by atoms with Crippen LogP contribution in [0, 0.1) is 0 Å². The van der Waals surface area contributed by atoms with Gasteiger partial charge in [0, 0.05) is 6.54 Å². The Morgan fingerprint density at radius 2 is 1.83 bits per heavy atom. The minimum atomic E-state index is 0.608. The zero-order chi connectivity index (χ0) is 16.1. The number of aromatic nitrogens is 2. The lowest BCUT2D eigenvalue weighted by Gasteiger charge is -2.12. The molecule has 0 spiro atoms. The normalized spacial score (nSPS) is 10.7. The Morgan fingerprint density at radius 1 is 1.09 bits per heavy atom. The average Bonchev–Trinajstić information content (AvgIpc) is 2.91. The Balaban J connectivity index is 1.93. The van der Waals surface area contributed by atoms with Gasteiger partial charge in [0.05, 0.1) is 17.6 Å². The zero-order valence-electron chi connectivity index (χ0n) is 13.1. The van der Waals surface area contributed by atoms with Crippen LogP contribution in [0.3, 0.4) is 0 Å². The number of rotatable bonds is 5. The van der Waals surface area contributed by atoms with Crippen molar-refractivity contribution in [2.75, 3.05) is 11.9 Å². The first-order valence-corrected chi connectivity index (χ1v) is 8.23. The maximum atomic E-state index is 5.35. The third-order valence-electron chi connectivity index (χ3n) is 3.60. The van der Waals surface area contributed by atoms with Crippen LogP contribution in [0.5, 0.6) is 0 Å². The summed E-state index contributed by atoms with van der Waals surface area (Å²) in [5, 5.41) is 7.02. The van der Waals surface area contributed by atoms with Gasteiger partial charge in [-0.3, -0.25) is 0 Å². The second-order valence-electron chi connectivity index (χ2n) is 5.38. The summed E-state index contributed by atoms with van der Waals surface area (Å²) in [5.41, 5.74) is 3.28. The van der Waals surface area contributed by atoms with E-state index in [0.717, 1.165) is 36.5 Å². The molecule has 0 aliphatic heterocycles. The van der Waals surface area contributed by atoms with Crippen molar-refractivity contribution >= 4 is 34.3 Å². The summed E-state index contributed by atoms with van der Waals surface area (Å²) in [5.74, 6) is 0.767. The molecule has 23 heavy (non-hydrogen) atoms. The number of nitrogens with one attached hydrogen (secondary N) is 2. The second-order valence-corrected chi connectivity index (χ2v) is 5.79. The first-order valence-electron chi connectivity index (χ1n) is 7.82. The lowest BCUT2D eigenvalue weighted by Crippen LogP contribution is -2.30. The van der Waals surface area contributed by atoms with Crippen molar-refractivity contribution in [1.82, 2.24) is 14.9 Å². The molecule has 2 N–H and O–H groups in total. The van der Waals surface area contributed by atoms with E-state index >= 15 is 0 Å². The summed E-state index contributed by atoms with van der Waals surface area (Å²) in [6, 6.07) is 18.5. The molecule has 1 aromatic heterocycles. The number of anilines is 1. The predicted molar refractivity (Wildman–Crippen MR) is 99.8 cm³/mol. The van der Waals surface area contributed by atoms with E-state index in [2.05, 4.69) is 57.4 Å². The van der Waals surface area contributed by atoms with Crippen molar-refractivity contribution in [1.29, 1.82) is 0 Å². The third-order valence-corrected chi connectivity index (χ3v) is 3.85. The largest absolute Gasteiger partial charge is 0.362 e. The van der Waals surface area contributed by atoms with Crippen LogP contribution in [0.4, 0.5) is 5.95 Å². The van der Waals surface area contributed by atoms with Crippen LogP contribution in [0.1, 0.15) is 18.9 Å². The van der Waals surface area contributed by atoms with Crippen LogP contribution in [0.2, 0.25) is 0 Å². The van der Waals surface area contributed by atoms with Gasteiger partial charge in [-0.2, -0.15) is 0 Å². The summed E-state index contributed by atoms with van der Waals surface area (Å²) < 4.78 is 2.16. The molecule has 0 saturated carbocycles. The monoisotopic (exact) mass is 324 g/mol. The van der Waals surface area contributed by atoms with E-state index in [1.54, 1.807) is 0 Å². The summed E-state index contributed by atoms with van der Waals surface area (Å²) in [6.07, 6.45) is 1.03. The summed E-state index contributed by atoms with van der Waals surface area (Å²) in [4.78, 5) is 4.68. The van der Waals surface area contributed by atoms with Gasteiger partial charge in [-0.1, -0.05) is 49.4 Å². The highest BCUT2D eigenvalue weighted by molar-refractivity contribution is 7.80. The Hall–Kier alpha value is -2.40. The molecule has 3 rings (SSSR count). The van der Waals surface area contributed by atoms with E-state index < -0.39 is 0 Å². The highest BCUT2D eigenvalue weighted by Gasteiger charge is 2.11. The van der Waals surface area contributed by atoms with Gasteiger partial charge in [0.15, 0.2) is 5.11 Å². The van der Waals surface area contributed by atoms with Gasteiger partial charge in [0.2, 0.25) is 5.95 Å². The van der Waals surface area contributed by atoms with E-state index in [0.29, 0.717) is 5.11 Å². The van der Waals surface area contributed by atoms with Crippen molar-refractivity contribution in [2.45, 2.75) is 19.9 Å². The molecule has 0 aliphatic rings. The van der Waals surface area contributed by atoms with Crippen LogP contribution in [0.15, 0.2) is 54.6 Å². The molecule has 4 nitrogen and oxygen atoms in total. The quantitative estimate of drug-likeness (QED) is 0.701. The van der Waals surface area contributed by atoms with Crippen LogP contribution in [0.25, 0.3) is 11.0 Å². The summed E-state index contributed by atoms with van der Waals surface area (Å²) in [7, 11) is 0. The van der Waals surface area contributed by atoms with Gasteiger partial charge in [0.25, 0.3) is 0 Å². The van der Waals surface area contributed by atoms with Crippen molar-refractivity contribution in [3.05, 3.63) is 60.2 Å². The second kappa shape index (κ2) is 7.24. The van der Waals surface area contributed by atoms with Gasteiger partial charge in [-0.15, -0.1) is 0 Å². The molecule has 3 aromatic rings. The fourth-order valence-corrected chi connectivity index (χ4v) is 2.67. The lowest BCUT2D eigenvalue weighted by molar-refractivity contribution is 0.825. The number of imidazole rings is 1. The third kappa shape index (κ3) is 3.68. The van der Waals surface area contributed by atoms with Crippen LogP contribution in [-0.2, 0) is 6.54 Å². The molecular weight excluding hydrogens is 304 g/mol. The molecule has 0 bridgehead atoms. The molecule has 118 valence electrons. The number of benzene rings is 2. The van der Waals surface area contributed by atoms with Crippen molar-refractivity contribution in [2.24, 2.45) is 0 Å². The van der Waals surface area contributed by atoms with E-state index in [9.17, 15) is 0 Å². The Morgan fingerprint density at radius 3 is 2.61 bits per heavy atom. The minimum absolute atomic E-state index is 0.608. The van der Waals surface area contributed by atoms with E-state index in [4.69, 9.17) is 12.2 Å². The fraction of sp³-hybridized carbons (Fsp3) is 0.222.